The number of fused-ring (bicyclic) bond motifs is 1. The van der Waals surface area contributed by atoms with Gasteiger partial charge in [-0.3, -0.25) is 0 Å². The number of H-pyrrole nitrogens is 1. The first kappa shape index (κ1) is 19.8. The fraction of sp³-hybridized carbons (Fsp3) is 0.375. The quantitative estimate of drug-likeness (QED) is 0.418. The number of rotatable bonds is 6. The maximum Gasteiger partial charge on any atom is 0.205 e. The number of hydrogen-bond acceptors (Lipinski definition) is 3. The zero-order valence-electron chi connectivity index (χ0n) is 17.2. The van der Waals surface area contributed by atoms with Gasteiger partial charge in [-0.25, -0.2) is 4.98 Å². The fourth-order valence-electron chi connectivity index (χ4n) is 4.14. The Bertz CT molecular complexity index is 1030. The number of hydrogen-bond donors (Lipinski definition) is 3. The van der Waals surface area contributed by atoms with E-state index in [2.05, 4.69) is 65.3 Å². The molecule has 1 aliphatic carbocycles. The van der Waals surface area contributed by atoms with Crippen molar-refractivity contribution < 1.29 is 0 Å². The summed E-state index contributed by atoms with van der Waals surface area (Å²) in [6.45, 7) is 9.48. The number of aromatic amines is 1. The summed E-state index contributed by atoms with van der Waals surface area (Å²) in [5.74, 6) is 0.691. The number of allylic oxidation sites excluding steroid dienone is 1. The molecule has 1 aromatic heterocycles. The van der Waals surface area contributed by atoms with Crippen LogP contribution in [0.2, 0.25) is 5.02 Å². The summed E-state index contributed by atoms with van der Waals surface area (Å²) in [4.78, 5) is 7.93. The molecule has 0 atom stereocenters. The molecule has 3 N–H and O–H groups in total. The van der Waals surface area contributed by atoms with Gasteiger partial charge in [0.05, 0.1) is 21.7 Å². The summed E-state index contributed by atoms with van der Waals surface area (Å²) < 4.78 is 0. The van der Waals surface area contributed by atoms with Crippen molar-refractivity contribution in [2.45, 2.75) is 52.5 Å². The van der Waals surface area contributed by atoms with Gasteiger partial charge in [0, 0.05) is 17.7 Å². The maximum atomic E-state index is 6.43. The summed E-state index contributed by atoms with van der Waals surface area (Å²) in [7, 11) is 0. The van der Waals surface area contributed by atoms with Crippen molar-refractivity contribution in [1.29, 1.82) is 0 Å². The van der Waals surface area contributed by atoms with Crippen LogP contribution >= 0.6 is 11.6 Å². The van der Waals surface area contributed by atoms with Crippen molar-refractivity contribution in [3.63, 3.8) is 0 Å². The lowest BCUT2D eigenvalue weighted by Crippen LogP contribution is -2.30. The Hall–Kier alpha value is -2.46. The van der Waals surface area contributed by atoms with Crippen LogP contribution < -0.4 is 10.6 Å². The van der Waals surface area contributed by atoms with E-state index in [0.717, 1.165) is 34.5 Å². The second-order valence-electron chi connectivity index (χ2n) is 8.50. The number of anilines is 2. The number of nitrogens with zero attached hydrogens (tertiary/aromatic N) is 1. The minimum absolute atomic E-state index is 0.207. The molecule has 1 aliphatic rings. The smallest absolute Gasteiger partial charge is 0.205 e. The average molecular weight is 409 g/mol. The van der Waals surface area contributed by atoms with Gasteiger partial charge in [-0.2, -0.15) is 0 Å². The molecule has 5 heteroatoms. The number of imidazole rings is 1. The molecule has 2 aromatic carbocycles. The molecular weight excluding hydrogens is 380 g/mol. The second kappa shape index (κ2) is 8.11. The van der Waals surface area contributed by atoms with Crippen LogP contribution in [0.4, 0.5) is 11.6 Å². The maximum absolute atomic E-state index is 6.43. The van der Waals surface area contributed by atoms with Gasteiger partial charge in [-0.15, -0.1) is 0 Å². The van der Waals surface area contributed by atoms with Gasteiger partial charge in [-0.05, 0) is 55.2 Å². The van der Waals surface area contributed by atoms with Crippen LogP contribution in [0, 0.1) is 12.3 Å². The third-order valence-corrected chi connectivity index (χ3v) is 6.44. The highest BCUT2D eigenvalue weighted by atomic mass is 35.5. The predicted octanol–water partition coefficient (Wildman–Crippen LogP) is 6.84. The molecule has 3 aromatic rings. The summed E-state index contributed by atoms with van der Waals surface area (Å²) in [5, 5.41) is 7.56. The molecule has 1 heterocycles. The van der Waals surface area contributed by atoms with Gasteiger partial charge in [-0.1, -0.05) is 56.5 Å². The van der Waals surface area contributed by atoms with E-state index in [1.165, 1.54) is 37.7 Å². The Morgan fingerprint density at radius 1 is 1.17 bits per heavy atom. The van der Waals surface area contributed by atoms with Gasteiger partial charge >= 0.3 is 0 Å². The lowest BCUT2D eigenvalue weighted by molar-refractivity contribution is 0.253. The predicted molar refractivity (Wildman–Crippen MR) is 123 cm³/mol. The topological polar surface area (TPSA) is 52.7 Å². The summed E-state index contributed by atoms with van der Waals surface area (Å²) >= 11 is 6.43. The van der Waals surface area contributed by atoms with Crippen molar-refractivity contribution in [2.24, 2.45) is 5.41 Å². The van der Waals surface area contributed by atoms with E-state index in [4.69, 9.17) is 11.6 Å². The number of benzene rings is 2. The van der Waals surface area contributed by atoms with E-state index < -0.39 is 0 Å². The van der Waals surface area contributed by atoms with Gasteiger partial charge in [0.1, 0.15) is 0 Å². The Kier molecular flexibility index (Phi) is 5.55. The Morgan fingerprint density at radius 2 is 1.97 bits per heavy atom. The third kappa shape index (κ3) is 4.43. The highest BCUT2D eigenvalue weighted by Crippen LogP contribution is 2.40. The standard InChI is InChI=1S/C24H29ClN4/c1-16-7-10-20-22(13-16)29-23(27-20)28-21-14-18(8-9-19(21)25)15-26-17(2)24(3)11-5-4-6-12-24/h7-10,13-14,26H,2,4-6,11-12,15H2,1,3H3,(H2,27,28,29). The van der Waals surface area contributed by atoms with E-state index in [1.54, 1.807) is 0 Å². The highest BCUT2D eigenvalue weighted by molar-refractivity contribution is 6.33. The van der Waals surface area contributed by atoms with Crippen molar-refractivity contribution >= 4 is 34.3 Å². The van der Waals surface area contributed by atoms with Crippen LogP contribution in [0.5, 0.6) is 0 Å². The van der Waals surface area contributed by atoms with Gasteiger partial charge in [0.25, 0.3) is 0 Å². The van der Waals surface area contributed by atoms with Gasteiger partial charge in [0.2, 0.25) is 5.95 Å². The summed E-state index contributed by atoms with van der Waals surface area (Å²) in [5.41, 5.74) is 6.50. The molecule has 0 aliphatic heterocycles. The molecule has 4 nitrogen and oxygen atoms in total. The molecule has 152 valence electrons. The highest BCUT2D eigenvalue weighted by Gasteiger charge is 2.29. The van der Waals surface area contributed by atoms with Gasteiger partial charge in [0.15, 0.2) is 0 Å². The lowest BCUT2D eigenvalue weighted by Gasteiger charge is -2.36. The molecule has 1 saturated carbocycles. The molecule has 0 unspecified atom stereocenters. The molecular formula is C24H29ClN4. The lowest BCUT2D eigenvalue weighted by atomic mass is 9.73. The van der Waals surface area contributed by atoms with Gasteiger partial charge < -0.3 is 15.6 Å². The molecule has 0 radical (unpaired) electrons. The molecule has 0 amide bonds. The number of nitrogens with one attached hydrogen (secondary N) is 3. The normalized spacial score (nSPS) is 16.0. The largest absolute Gasteiger partial charge is 0.384 e. The van der Waals surface area contributed by atoms with E-state index in [0.29, 0.717) is 11.0 Å². The van der Waals surface area contributed by atoms with Crippen LogP contribution in [-0.4, -0.2) is 9.97 Å². The first-order valence-electron chi connectivity index (χ1n) is 10.4. The van der Waals surface area contributed by atoms with Crippen LogP contribution in [0.1, 0.15) is 50.2 Å². The Morgan fingerprint density at radius 3 is 2.76 bits per heavy atom. The molecule has 0 bridgehead atoms. The second-order valence-corrected chi connectivity index (χ2v) is 8.91. The van der Waals surface area contributed by atoms with Crippen LogP contribution in [0.15, 0.2) is 48.7 Å². The van der Waals surface area contributed by atoms with Crippen LogP contribution in [-0.2, 0) is 6.54 Å². The van der Waals surface area contributed by atoms with E-state index >= 15 is 0 Å². The van der Waals surface area contributed by atoms with Crippen molar-refractivity contribution in [3.05, 3.63) is 64.8 Å². The first-order chi connectivity index (χ1) is 13.9. The number of aromatic nitrogens is 2. The SMILES string of the molecule is C=C(NCc1ccc(Cl)c(Nc2nc3ccc(C)cc3[nH]2)c1)C1(C)CCCCC1. The van der Waals surface area contributed by atoms with E-state index in [-0.39, 0.29) is 5.41 Å². The number of halogens is 1. The first-order valence-corrected chi connectivity index (χ1v) is 10.8. The fourth-order valence-corrected chi connectivity index (χ4v) is 4.31. The molecule has 4 rings (SSSR count). The Balaban J connectivity index is 1.46. The van der Waals surface area contributed by atoms with E-state index in [9.17, 15) is 0 Å². The minimum atomic E-state index is 0.207. The minimum Gasteiger partial charge on any atom is -0.384 e. The molecule has 1 fully saturated rings. The zero-order valence-corrected chi connectivity index (χ0v) is 18.0. The summed E-state index contributed by atoms with van der Waals surface area (Å²) in [6.07, 6.45) is 6.37. The number of aryl methyl sites for hydroxylation is 1. The average Bonchev–Trinajstić information content (AvgIpc) is 3.10. The van der Waals surface area contributed by atoms with Crippen LogP contribution in [0.3, 0.4) is 0 Å². The molecule has 29 heavy (non-hydrogen) atoms. The monoisotopic (exact) mass is 408 g/mol. The van der Waals surface area contributed by atoms with Crippen molar-refractivity contribution in [2.75, 3.05) is 5.32 Å². The third-order valence-electron chi connectivity index (χ3n) is 6.11. The van der Waals surface area contributed by atoms with E-state index in [1.807, 2.05) is 12.1 Å². The van der Waals surface area contributed by atoms with Crippen LogP contribution in [0.25, 0.3) is 11.0 Å². The zero-order chi connectivity index (χ0) is 20.4. The Labute approximate surface area is 177 Å². The molecule has 0 saturated heterocycles. The molecule has 0 spiro atoms. The van der Waals surface area contributed by atoms with Crippen molar-refractivity contribution in [3.8, 4) is 0 Å². The summed E-state index contributed by atoms with van der Waals surface area (Å²) in [6, 6.07) is 12.2. The van der Waals surface area contributed by atoms with Crippen molar-refractivity contribution in [1.82, 2.24) is 15.3 Å².